The largest absolute Gasteiger partial charge is 0.451 e. The van der Waals surface area contributed by atoms with Gasteiger partial charge < -0.3 is 10.1 Å². The molecular weight excluding hydrogens is 322 g/mol. The fourth-order valence-corrected chi connectivity index (χ4v) is 3.33. The van der Waals surface area contributed by atoms with Crippen LogP contribution in [-0.4, -0.2) is 18.5 Å². The van der Waals surface area contributed by atoms with Crippen molar-refractivity contribution in [2.45, 2.75) is 40.0 Å². The van der Waals surface area contributed by atoms with E-state index in [1.54, 1.807) is 0 Å². The summed E-state index contributed by atoms with van der Waals surface area (Å²) in [5, 5.41) is 2.72. The quantitative estimate of drug-likeness (QED) is 0.758. The molecule has 0 aliphatic rings. The molecule has 1 aromatic carbocycles. The Labute approximate surface area is 146 Å². The van der Waals surface area contributed by atoms with Gasteiger partial charge in [0.2, 0.25) is 0 Å². The first-order valence-corrected chi connectivity index (χ1v) is 9.00. The minimum Gasteiger partial charge on any atom is -0.451 e. The van der Waals surface area contributed by atoms with Crippen LogP contribution in [0.5, 0.6) is 0 Å². The van der Waals surface area contributed by atoms with E-state index in [1.165, 1.54) is 22.5 Å². The molecule has 128 valence electrons. The monoisotopic (exact) mass is 345 g/mol. The number of anilines is 1. The summed E-state index contributed by atoms with van der Waals surface area (Å²) < 4.78 is 5.11. The van der Waals surface area contributed by atoms with E-state index >= 15 is 0 Å². The molecule has 0 unspecified atom stereocenters. The van der Waals surface area contributed by atoms with Gasteiger partial charge in [0, 0.05) is 10.6 Å². The van der Waals surface area contributed by atoms with Crippen molar-refractivity contribution in [3.8, 4) is 0 Å². The van der Waals surface area contributed by atoms with Gasteiger partial charge in [0.15, 0.2) is 6.61 Å². The van der Waals surface area contributed by atoms with E-state index in [1.807, 2.05) is 37.3 Å². The lowest BCUT2D eigenvalue weighted by atomic mass is 10.1. The van der Waals surface area contributed by atoms with E-state index in [0.29, 0.717) is 10.6 Å². The number of ether oxygens (including phenoxy) is 1. The fourth-order valence-electron chi connectivity index (χ4n) is 2.36. The van der Waals surface area contributed by atoms with Crippen molar-refractivity contribution in [3.05, 3.63) is 51.2 Å². The molecule has 24 heavy (non-hydrogen) atoms. The van der Waals surface area contributed by atoms with E-state index in [4.69, 9.17) is 4.74 Å². The maximum absolute atomic E-state index is 12.1. The van der Waals surface area contributed by atoms with Crippen LogP contribution in [0.4, 0.5) is 5.69 Å². The minimum atomic E-state index is -0.443. The Hall–Kier alpha value is -2.14. The predicted octanol–water partition coefficient (Wildman–Crippen LogP) is 4.37. The maximum Gasteiger partial charge on any atom is 0.348 e. The van der Waals surface area contributed by atoms with Gasteiger partial charge in [0.25, 0.3) is 5.91 Å². The van der Waals surface area contributed by atoms with Crippen molar-refractivity contribution in [1.82, 2.24) is 0 Å². The molecule has 1 heterocycles. The van der Waals surface area contributed by atoms with Gasteiger partial charge in [-0.05, 0) is 49.1 Å². The highest BCUT2D eigenvalue weighted by Gasteiger charge is 2.15. The molecule has 4 nitrogen and oxygen atoms in total. The zero-order valence-electron chi connectivity index (χ0n) is 14.3. The molecule has 1 N–H and O–H groups in total. The van der Waals surface area contributed by atoms with Crippen LogP contribution in [0.25, 0.3) is 0 Å². The maximum atomic E-state index is 12.1. The van der Waals surface area contributed by atoms with Crippen LogP contribution in [0.2, 0.25) is 0 Å². The van der Waals surface area contributed by atoms with Crippen LogP contribution >= 0.6 is 11.3 Å². The number of amides is 1. The molecule has 0 fully saturated rings. The van der Waals surface area contributed by atoms with E-state index in [2.05, 4.69) is 19.2 Å². The molecule has 0 saturated heterocycles. The number of esters is 1. The van der Waals surface area contributed by atoms with Crippen LogP contribution in [0.3, 0.4) is 0 Å². The summed E-state index contributed by atoms with van der Waals surface area (Å²) in [6, 6.07) is 9.49. The Bertz CT molecular complexity index is 704. The second kappa shape index (κ2) is 8.64. The lowest BCUT2D eigenvalue weighted by Gasteiger charge is -2.06. The number of nitrogens with one attached hydrogen (secondary N) is 1. The van der Waals surface area contributed by atoms with Crippen LogP contribution in [-0.2, 0) is 22.4 Å². The van der Waals surface area contributed by atoms with Crippen molar-refractivity contribution >= 4 is 28.9 Å². The minimum absolute atomic E-state index is 0.283. The summed E-state index contributed by atoms with van der Waals surface area (Å²) in [6.45, 7) is 5.89. The van der Waals surface area contributed by atoms with E-state index in [9.17, 15) is 9.59 Å². The van der Waals surface area contributed by atoms with Gasteiger partial charge in [-0.1, -0.05) is 32.4 Å². The molecule has 0 atom stereocenters. The van der Waals surface area contributed by atoms with Gasteiger partial charge in [0.1, 0.15) is 4.88 Å². The summed E-state index contributed by atoms with van der Waals surface area (Å²) >= 11 is 1.42. The number of aryl methyl sites for hydroxylation is 3. The molecule has 1 amide bonds. The zero-order valence-corrected chi connectivity index (χ0v) is 15.2. The molecule has 0 spiro atoms. The van der Waals surface area contributed by atoms with E-state index < -0.39 is 5.97 Å². The fraction of sp³-hybridized carbons (Fsp3) is 0.368. The second-order valence-corrected chi connectivity index (χ2v) is 6.87. The number of rotatable bonds is 7. The highest BCUT2D eigenvalue weighted by Crippen LogP contribution is 2.23. The Kier molecular flexibility index (Phi) is 6.55. The third-order valence-corrected chi connectivity index (χ3v) is 4.79. The number of carbonyl (C=O) groups is 2. The summed E-state index contributed by atoms with van der Waals surface area (Å²) in [5.41, 5.74) is 3.08. The zero-order chi connectivity index (χ0) is 17.5. The molecule has 2 rings (SSSR count). The highest BCUT2D eigenvalue weighted by atomic mass is 32.1. The first-order valence-electron chi connectivity index (χ1n) is 8.18. The van der Waals surface area contributed by atoms with Crippen molar-refractivity contribution in [2.75, 3.05) is 11.9 Å². The number of benzene rings is 1. The van der Waals surface area contributed by atoms with Gasteiger partial charge in [-0.2, -0.15) is 0 Å². The van der Waals surface area contributed by atoms with Crippen molar-refractivity contribution in [1.29, 1.82) is 0 Å². The van der Waals surface area contributed by atoms with Crippen molar-refractivity contribution in [2.24, 2.45) is 0 Å². The molecule has 2 aromatic rings. The lowest BCUT2D eigenvalue weighted by Crippen LogP contribution is -2.20. The molecule has 0 aliphatic heterocycles. The van der Waals surface area contributed by atoms with Crippen molar-refractivity contribution in [3.63, 3.8) is 0 Å². The van der Waals surface area contributed by atoms with Crippen LogP contribution < -0.4 is 5.32 Å². The smallest absolute Gasteiger partial charge is 0.348 e. The number of hydrogen-bond acceptors (Lipinski definition) is 4. The van der Waals surface area contributed by atoms with Gasteiger partial charge in [-0.3, -0.25) is 4.79 Å². The summed E-state index contributed by atoms with van der Waals surface area (Å²) in [7, 11) is 0. The SMILES string of the molecule is CCCc1cc(C(=O)OCC(=O)Nc2ccc(CC)cc2)sc1C. The number of carbonyl (C=O) groups excluding carboxylic acids is 2. The third kappa shape index (κ3) is 4.93. The molecular formula is C19H23NO3S. The van der Waals surface area contributed by atoms with Gasteiger partial charge in [0.05, 0.1) is 0 Å². The average molecular weight is 345 g/mol. The summed E-state index contributed by atoms with van der Waals surface area (Å²) in [5.74, 6) is -0.781. The number of hydrogen-bond donors (Lipinski definition) is 1. The van der Waals surface area contributed by atoms with E-state index in [-0.39, 0.29) is 12.5 Å². The third-order valence-electron chi connectivity index (χ3n) is 3.72. The van der Waals surface area contributed by atoms with Crippen LogP contribution in [0.1, 0.15) is 45.9 Å². The Balaban J connectivity index is 1.86. The van der Waals surface area contributed by atoms with Crippen molar-refractivity contribution < 1.29 is 14.3 Å². The first kappa shape index (κ1) is 18.2. The lowest BCUT2D eigenvalue weighted by molar-refractivity contribution is -0.119. The standard InChI is InChI=1S/C19H23NO3S/c1-4-6-15-11-17(24-13(15)3)19(22)23-12-18(21)20-16-9-7-14(5-2)8-10-16/h7-11H,4-6,12H2,1-3H3,(H,20,21). The van der Waals surface area contributed by atoms with Gasteiger partial charge in [-0.25, -0.2) is 4.79 Å². The highest BCUT2D eigenvalue weighted by molar-refractivity contribution is 7.14. The predicted molar refractivity (Wildman–Crippen MR) is 97.8 cm³/mol. The Morgan fingerprint density at radius 2 is 1.88 bits per heavy atom. The molecule has 0 bridgehead atoms. The molecule has 0 aliphatic carbocycles. The van der Waals surface area contributed by atoms with Gasteiger partial charge >= 0.3 is 5.97 Å². The summed E-state index contributed by atoms with van der Waals surface area (Å²) in [6.07, 6.45) is 2.93. The average Bonchev–Trinajstić information content (AvgIpc) is 2.95. The molecule has 0 radical (unpaired) electrons. The topological polar surface area (TPSA) is 55.4 Å². The normalized spacial score (nSPS) is 10.5. The summed E-state index contributed by atoms with van der Waals surface area (Å²) in [4.78, 5) is 25.6. The second-order valence-electron chi connectivity index (χ2n) is 5.62. The number of thiophene rings is 1. The van der Waals surface area contributed by atoms with E-state index in [0.717, 1.165) is 24.1 Å². The first-order chi connectivity index (χ1) is 11.5. The molecule has 5 heteroatoms. The van der Waals surface area contributed by atoms with Crippen LogP contribution in [0, 0.1) is 6.92 Å². The molecule has 1 aromatic heterocycles. The van der Waals surface area contributed by atoms with Gasteiger partial charge in [-0.15, -0.1) is 11.3 Å². The Morgan fingerprint density at radius 1 is 1.17 bits per heavy atom. The Morgan fingerprint density at radius 3 is 2.50 bits per heavy atom. The molecule has 0 saturated carbocycles. The van der Waals surface area contributed by atoms with Crippen LogP contribution in [0.15, 0.2) is 30.3 Å².